The van der Waals surface area contributed by atoms with Gasteiger partial charge in [0, 0.05) is 18.8 Å². The quantitative estimate of drug-likeness (QED) is 0.912. The van der Waals surface area contributed by atoms with Gasteiger partial charge in [0.05, 0.1) is 10.6 Å². The highest BCUT2D eigenvalue weighted by Gasteiger charge is 2.26. The van der Waals surface area contributed by atoms with E-state index in [1.54, 1.807) is 11.0 Å². The van der Waals surface area contributed by atoms with Gasteiger partial charge >= 0.3 is 6.03 Å². The van der Waals surface area contributed by atoms with Crippen molar-refractivity contribution in [2.45, 2.75) is 17.7 Å². The molecule has 2 aromatic carbocycles. The van der Waals surface area contributed by atoms with Crippen LogP contribution in [0.25, 0.3) is 11.1 Å². The van der Waals surface area contributed by atoms with E-state index in [4.69, 9.17) is 0 Å². The molecule has 2 aliphatic heterocycles. The Balaban J connectivity index is 1.71. The Morgan fingerprint density at radius 2 is 1.88 bits per heavy atom. The summed E-state index contributed by atoms with van der Waals surface area (Å²) in [5.41, 5.74) is 3.70. The maximum Gasteiger partial charge on any atom is 0.321 e. The largest absolute Gasteiger partial charge is 0.338 e. The van der Waals surface area contributed by atoms with Crippen LogP contribution in [0, 0.1) is 0 Å². The summed E-state index contributed by atoms with van der Waals surface area (Å²) >= 11 is 0. The third kappa shape index (κ3) is 2.57. The van der Waals surface area contributed by atoms with Gasteiger partial charge in [-0.05, 0) is 53.8 Å². The molecule has 0 aliphatic carbocycles. The van der Waals surface area contributed by atoms with Crippen LogP contribution >= 0.6 is 0 Å². The Hall–Kier alpha value is -2.34. The predicted octanol–water partition coefficient (Wildman–Crippen LogP) is 2.60. The highest BCUT2D eigenvalue weighted by molar-refractivity contribution is 7.91. The molecule has 4 rings (SSSR count). The normalized spacial score (nSPS) is 19.0. The van der Waals surface area contributed by atoms with Crippen LogP contribution in [-0.4, -0.2) is 33.3 Å². The van der Waals surface area contributed by atoms with E-state index in [0.29, 0.717) is 24.4 Å². The van der Waals surface area contributed by atoms with E-state index >= 15 is 0 Å². The number of sulfone groups is 1. The number of hydrogen-bond acceptors (Lipinski definition) is 3. The molecule has 2 aromatic rings. The van der Waals surface area contributed by atoms with Crippen LogP contribution in [0.15, 0.2) is 47.4 Å². The summed E-state index contributed by atoms with van der Waals surface area (Å²) in [7, 11) is -3.10. The van der Waals surface area contributed by atoms with E-state index < -0.39 is 9.84 Å². The van der Waals surface area contributed by atoms with Crippen molar-refractivity contribution >= 4 is 21.6 Å². The number of anilines is 1. The van der Waals surface area contributed by atoms with Crippen molar-refractivity contribution in [2.24, 2.45) is 0 Å². The molecule has 2 aliphatic rings. The van der Waals surface area contributed by atoms with Crippen LogP contribution in [0.1, 0.15) is 12.0 Å². The second kappa shape index (κ2) is 5.63. The average Bonchev–Trinajstić information content (AvgIpc) is 2.90. The first-order chi connectivity index (χ1) is 11.5. The van der Waals surface area contributed by atoms with E-state index in [0.717, 1.165) is 28.8 Å². The van der Waals surface area contributed by atoms with Gasteiger partial charge in [-0.1, -0.05) is 18.2 Å². The molecule has 1 N–H and O–H groups in total. The van der Waals surface area contributed by atoms with E-state index in [1.807, 2.05) is 36.4 Å². The van der Waals surface area contributed by atoms with Gasteiger partial charge in [0.2, 0.25) is 0 Å². The van der Waals surface area contributed by atoms with Gasteiger partial charge in [0.25, 0.3) is 0 Å². The third-order valence-corrected chi connectivity index (χ3v) is 6.42. The van der Waals surface area contributed by atoms with Gasteiger partial charge in [0.1, 0.15) is 0 Å². The molecule has 5 nitrogen and oxygen atoms in total. The summed E-state index contributed by atoms with van der Waals surface area (Å²) in [6.07, 6.45) is 1.49. The van der Waals surface area contributed by atoms with Gasteiger partial charge < -0.3 is 5.32 Å². The zero-order chi connectivity index (χ0) is 16.7. The number of rotatable bonds is 2. The number of amides is 2. The van der Waals surface area contributed by atoms with Gasteiger partial charge in [-0.15, -0.1) is 0 Å². The van der Waals surface area contributed by atoms with Crippen LogP contribution in [0.2, 0.25) is 0 Å². The van der Waals surface area contributed by atoms with Crippen molar-refractivity contribution in [1.82, 2.24) is 5.32 Å². The zero-order valence-electron chi connectivity index (χ0n) is 13.2. The Kier molecular flexibility index (Phi) is 3.57. The number of nitrogens with zero attached hydrogens (tertiary/aromatic N) is 1. The molecule has 0 radical (unpaired) electrons. The number of fused-ring (bicyclic) bond motifs is 1. The number of aryl methyl sites for hydroxylation is 1. The standard InChI is InChI=1S/C18H18N2O3S/c21-18-19-8-2-9-20(18)16-4-1-3-13(12-16)14-5-6-17-15(11-14)7-10-24(17,22)23/h1,3-6,11-12H,2,7-10H2,(H,19,21). The fourth-order valence-corrected chi connectivity index (χ4v) is 4.89. The second-order valence-electron chi connectivity index (χ2n) is 6.18. The van der Waals surface area contributed by atoms with Crippen LogP contribution in [-0.2, 0) is 16.3 Å². The highest BCUT2D eigenvalue weighted by atomic mass is 32.2. The summed E-state index contributed by atoms with van der Waals surface area (Å²) in [5, 5.41) is 2.85. The molecule has 2 heterocycles. The highest BCUT2D eigenvalue weighted by Crippen LogP contribution is 2.32. The number of carbonyl (C=O) groups excluding carboxylic acids is 1. The van der Waals surface area contributed by atoms with Crippen molar-refractivity contribution in [3.8, 4) is 11.1 Å². The fourth-order valence-electron chi connectivity index (χ4n) is 3.34. The van der Waals surface area contributed by atoms with Gasteiger partial charge in [-0.2, -0.15) is 0 Å². The third-order valence-electron chi connectivity index (χ3n) is 4.61. The Bertz CT molecular complexity index is 922. The molecule has 2 amide bonds. The summed E-state index contributed by atoms with van der Waals surface area (Å²) in [4.78, 5) is 14.2. The first kappa shape index (κ1) is 15.2. The Morgan fingerprint density at radius 3 is 2.71 bits per heavy atom. The van der Waals surface area contributed by atoms with Crippen molar-refractivity contribution in [2.75, 3.05) is 23.7 Å². The Labute approximate surface area is 141 Å². The summed E-state index contributed by atoms with van der Waals surface area (Å²) < 4.78 is 23.9. The molecular weight excluding hydrogens is 324 g/mol. The van der Waals surface area contributed by atoms with Gasteiger partial charge in [0.15, 0.2) is 9.84 Å². The summed E-state index contributed by atoms with van der Waals surface area (Å²) in [6.45, 7) is 1.42. The monoisotopic (exact) mass is 342 g/mol. The molecule has 0 spiro atoms. The van der Waals surface area contributed by atoms with Crippen molar-refractivity contribution in [1.29, 1.82) is 0 Å². The van der Waals surface area contributed by atoms with E-state index in [9.17, 15) is 13.2 Å². The lowest BCUT2D eigenvalue weighted by molar-refractivity contribution is 0.243. The molecule has 0 atom stereocenters. The van der Waals surface area contributed by atoms with Crippen molar-refractivity contribution in [3.05, 3.63) is 48.0 Å². The van der Waals surface area contributed by atoms with E-state index in [1.165, 1.54) is 0 Å². The topological polar surface area (TPSA) is 66.5 Å². The summed E-state index contributed by atoms with van der Waals surface area (Å²) in [5.74, 6) is 0.194. The number of nitrogens with one attached hydrogen (secondary N) is 1. The van der Waals surface area contributed by atoms with Crippen molar-refractivity contribution < 1.29 is 13.2 Å². The van der Waals surface area contributed by atoms with Crippen LogP contribution in [0.3, 0.4) is 0 Å². The molecule has 24 heavy (non-hydrogen) atoms. The van der Waals surface area contributed by atoms with Crippen LogP contribution in [0.5, 0.6) is 0 Å². The minimum Gasteiger partial charge on any atom is -0.338 e. The summed E-state index contributed by atoms with van der Waals surface area (Å²) in [6, 6.07) is 13.2. The minimum absolute atomic E-state index is 0.0709. The molecule has 124 valence electrons. The molecule has 0 aromatic heterocycles. The molecule has 0 saturated carbocycles. The minimum atomic E-state index is -3.10. The number of carbonyl (C=O) groups is 1. The molecular formula is C18H18N2O3S. The lowest BCUT2D eigenvalue weighted by atomic mass is 10.0. The predicted molar refractivity (Wildman–Crippen MR) is 93.0 cm³/mol. The SMILES string of the molecule is O=C1NCCCN1c1cccc(-c2ccc3c(c2)CCS3(=O)=O)c1. The van der Waals surface area contributed by atoms with Crippen LogP contribution in [0.4, 0.5) is 10.5 Å². The molecule has 0 unspecified atom stereocenters. The van der Waals surface area contributed by atoms with Crippen LogP contribution < -0.4 is 10.2 Å². The zero-order valence-corrected chi connectivity index (χ0v) is 14.0. The lowest BCUT2D eigenvalue weighted by Gasteiger charge is -2.27. The lowest BCUT2D eigenvalue weighted by Crippen LogP contribution is -2.46. The van der Waals surface area contributed by atoms with Gasteiger partial charge in [-0.3, -0.25) is 4.90 Å². The molecule has 1 saturated heterocycles. The maximum absolute atomic E-state index is 12.0. The molecule has 0 bridgehead atoms. The number of urea groups is 1. The first-order valence-corrected chi connectivity index (χ1v) is 9.71. The average molecular weight is 342 g/mol. The fraction of sp³-hybridized carbons (Fsp3) is 0.278. The number of benzene rings is 2. The van der Waals surface area contributed by atoms with E-state index in [-0.39, 0.29) is 11.8 Å². The van der Waals surface area contributed by atoms with Crippen molar-refractivity contribution in [3.63, 3.8) is 0 Å². The molecule has 1 fully saturated rings. The second-order valence-corrected chi connectivity index (χ2v) is 8.26. The Morgan fingerprint density at radius 1 is 1.04 bits per heavy atom. The number of hydrogen-bond donors (Lipinski definition) is 1. The smallest absolute Gasteiger partial charge is 0.321 e. The first-order valence-electron chi connectivity index (χ1n) is 8.06. The van der Waals surface area contributed by atoms with E-state index in [2.05, 4.69) is 5.32 Å². The molecule has 6 heteroatoms. The van der Waals surface area contributed by atoms with Gasteiger partial charge in [-0.25, -0.2) is 13.2 Å². The maximum atomic E-state index is 12.0.